The molecule has 38 heavy (non-hydrogen) atoms. The summed E-state index contributed by atoms with van der Waals surface area (Å²) in [7, 11) is 0. The average Bonchev–Trinajstić information content (AvgIpc) is 2.88. The molecule has 0 heterocycles. The first kappa shape index (κ1) is 30.0. The summed E-state index contributed by atoms with van der Waals surface area (Å²) in [6.07, 6.45) is -5.83. The van der Waals surface area contributed by atoms with Gasteiger partial charge in [0, 0.05) is 12.6 Å². The molecule has 0 aliphatic heterocycles. The molecule has 3 rings (SSSR count). The third-order valence-electron chi connectivity index (χ3n) is 7.90. The minimum absolute atomic E-state index is 0.0566. The van der Waals surface area contributed by atoms with E-state index in [4.69, 9.17) is 0 Å². The largest absolute Gasteiger partial charge is 0.416 e. The van der Waals surface area contributed by atoms with E-state index in [1.54, 1.807) is 0 Å². The fraction of sp³-hybridized carbons (Fsp3) is 0.567. The Morgan fingerprint density at radius 2 is 1.42 bits per heavy atom. The molecule has 0 radical (unpaired) electrons. The maximum Gasteiger partial charge on any atom is 0.416 e. The van der Waals surface area contributed by atoms with Crippen LogP contribution in [0.2, 0.25) is 0 Å². The predicted molar refractivity (Wildman–Crippen MR) is 136 cm³/mol. The fourth-order valence-electron chi connectivity index (χ4n) is 5.94. The van der Waals surface area contributed by atoms with Crippen molar-refractivity contribution >= 4 is 0 Å². The first-order chi connectivity index (χ1) is 17.9. The van der Waals surface area contributed by atoms with E-state index in [0.29, 0.717) is 57.3 Å². The van der Waals surface area contributed by atoms with Gasteiger partial charge in [0.1, 0.15) is 0 Å². The van der Waals surface area contributed by atoms with Crippen molar-refractivity contribution in [3.8, 4) is 6.07 Å². The van der Waals surface area contributed by atoms with E-state index >= 15 is 0 Å². The van der Waals surface area contributed by atoms with E-state index in [2.05, 4.69) is 11.0 Å². The molecule has 1 aliphatic rings. The van der Waals surface area contributed by atoms with Crippen LogP contribution in [0.1, 0.15) is 81.0 Å². The Morgan fingerprint density at radius 3 is 1.92 bits per heavy atom. The zero-order valence-electron chi connectivity index (χ0n) is 22.0. The van der Waals surface area contributed by atoms with Gasteiger partial charge < -0.3 is 4.90 Å². The zero-order chi connectivity index (χ0) is 28.0. The Labute approximate surface area is 221 Å². The molecular formula is C30H36F6N2. The minimum atomic E-state index is -5.01. The lowest BCUT2D eigenvalue weighted by molar-refractivity contribution is -0.145. The van der Waals surface area contributed by atoms with E-state index < -0.39 is 40.4 Å². The molecular weight excluding hydrogens is 502 g/mol. The Kier molecular flexibility index (Phi) is 9.91. The summed E-state index contributed by atoms with van der Waals surface area (Å²) in [4.78, 5) is 2.18. The number of halogens is 6. The maximum atomic E-state index is 14.2. The van der Waals surface area contributed by atoms with Crippen molar-refractivity contribution < 1.29 is 26.3 Å². The molecule has 0 saturated heterocycles. The van der Waals surface area contributed by atoms with Gasteiger partial charge >= 0.3 is 12.4 Å². The van der Waals surface area contributed by atoms with Crippen LogP contribution in [-0.4, -0.2) is 24.0 Å². The molecule has 1 saturated carbocycles. The Hall–Kier alpha value is -2.53. The van der Waals surface area contributed by atoms with Gasteiger partial charge in [0.25, 0.3) is 0 Å². The van der Waals surface area contributed by atoms with Gasteiger partial charge in [-0.2, -0.15) is 31.6 Å². The van der Waals surface area contributed by atoms with Crippen LogP contribution < -0.4 is 0 Å². The highest BCUT2D eigenvalue weighted by Gasteiger charge is 2.51. The second kappa shape index (κ2) is 12.5. The third kappa shape index (κ3) is 7.11. The number of hydrogen-bond acceptors (Lipinski definition) is 2. The van der Waals surface area contributed by atoms with Crippen LogP contribution >= 0.6 is 0 Å². The molecule has 2 aromatic rings. The van der Waals surface area contributed by atoms with Crippen LogP contribution in [0.5, 0.6) is 0 Å². The normalized spacial score (nSPS) is 17.0. The molecule has 0 aromatic heterocycles. The molecule has 0 amide bonds. The van der Waals surface area contributed by atoms with E-state index in [-0.39, 0.29) is 12.5 Å². The van der Waals surface area contributed by atoms with Crippen molar-refractivity contribution in [1.29, 1.82) is 5.26 Å². The summed E-state index contributed by atoms with van der Waals surface area (Å²) >= 11 is 0. The van der Waals surface area contributed by atoms with Crippen LogP contribution in [0.4, 0.5) is 26.3 Å². The van der Waals surface area contributed by atoms with E-state index in [0.717, 1.165) is 24.5 Å². The number of rotatable bonds is 10. The average molecular weight is 539 g/mol. The Bertz CT molecular complexity index is 1030. The molecule has 208 valence electrons. The Morgan fingerprint density at radius 1 is 0.842 bits per heavy atom. The van der Waals surface area contributed by atoms with Gasteiger partial charge in [-0.05, 0) is 81.7 Å². The standard InChI is InChI=1S/C30H36F6N2/c1-22(2)38(20-17-23-11-5-3-6-12-23)19-10-18-28(21-37,24-13-7-4-8-14-24)27-25(29(31,32)33)15-9-16-26(27)30(34,35)36/h3,5-6,9,11-12,15-16,22,24H,4,7-8,10,13-14,17-20H2,1-2H3. The lowest BCUT2D eigenvalue weighted by Crippen LogP contribution is -2.41. The Balaban J connectivity index is 1.98. The van der Waals surface area contributed by atoms with Crippen LogP contribution in [0.15, 0.2) is 48.5 Å². The maximum absolute atomic E-state index is 14.2. The highest BCUT2D eigenvalue weighted by atomic mass is 19.4. The quantitative estimate of drug-likeness (QED) is 0.283. The molecule has 1 unspecified atom stereocenters. The fourth-order valence-corrected chi connectivity index (χ4v) is 5.94. The molecule has 1 aliphatic carbocycles. The molecule has 1 fully saturated rings. The molecule has 2 aromatic carbocycles. The van der Waals surface area contributed by atoms with Crippen molar-refractivity contribution in [3.63, 3.8) is 0 Å². The molecule has 2 nitrogen and oxygen atoms in total. The summed E-state index contributed by atoms with van der Waals surface area (Å²) in [6, 6.07) is 14.3. The van der Waals surface area contributed by atoms with Gasteiger partial charge in [0.2, 0.25) is 0 Å². The van der Waals surface area contributed by atoms with Crippen molar-refractivity contribution in [2.45, 2.75) is 89.0 Å². The minimum Gasteiger partial charge on any atom is -0.301 e. The highest BCUT2D eigenvalue weighted by Crippen LogP contribution is 2.51. The van der Waals surface area contributed by atoms with Gasteiger partial charge in [-0.1, -0.05) is 55.7 Å². The number of alkyl halides is 6. The molecule has 0 bridgehead atoms. The van der Waals surface area contributed by atoms with E-state index in [1.807, 2.05) is 44.2 Å². The third-order valence-corrected chi connectivity index (χ3v) is 7.90. The van der Waals surface area contributed by atoms with E-state index in [1.165, 1.54) is 0 Å². The summed E-state index contributed by atoms with van der Waals surface area (Å²) in [5, 5.41) is 10.5. The van der Waals surface area contributed by atoms with Crippen molar-refractivity contribution in [2.24, 2.45) is 5.92 Å². The molecule has 1 atom stereocenters. The topological polar surface area (TPSA) is 27.0 Å². The smallest absolute Gasteiger partial charge is 0.301 e. The SMILES string of the molecule is CC(C)N(CCCC(C#N)(c1c(C(F)(F)F)cccc1C(F)(F)F)C1CCCCC1)CCc1ccccc1. The first-order valence-electron chi connectivity index (χ1n) is 13.4. The molecule has 0 N–H and O–H groups in total. The number of nitriles is 1. The number of benzene rings is 2. The van der Waals surface area contributed by atoms with Gasteiger partial charge in [-0.3, -0.25) is 0 Å². The summed E-state index contributed by atoms with van der Waals surface area (Å²) in [5.41, 5.74) is -4.29. The zero-order valence-corrected chi connectivity index (χ0v) is 22.0. The van der Waals surface area contributed by atoms with Crippen LogP contribution in [0.3, 0.4) is 0 Å². The second-order valence-electron chi connectivity index (χ2n) is 10.6. The number of nitrogens with zero attached hydrogens (tertiary/aromatic N) is 2. The van der Waals surface area contributed by atoms with Crippen LogP contribution in [0.25, 0.3) is 0 Å². The summed E-state index contributed by atoms with van der Waals surface area (Å²) < 4.78 is 85.1. The first-order valence-corrected chi connectivity index (χ1v) is 13.4. The number of hydrogen-bond donors (Lipinski definition) is 0. The van der Waals surface area contributed by atoms with Crippen molar-refractivity contribution in [1.82, 2.24) is 4.90 Å². The lowest BCUT2D eigenvalue weighted by atomic mass is 9.61. The van der Waals surface area contributed by atoms with Crippen LogP contribution in [0, 0.1) is 17.2 Å². The van der Waals surface area contributed by atoms with Crippen molar-refractivity contribution in [3.05, 3.63) is 70.8 Å². The predicted octanol–water partition coefficient (Wildman–Crippen LogP) is 8.80. The summed E-state index contributed by atoms with van der Waals surface area (Å²) in [5.74, 6) is -0.567. The lowest BCUT2D eigenvalue weighted by Gasteiger charge is -2.41. The monoisotopic (exact) mass is 538 g/mol. The van der Waals surface area contributed by atoms with Gasteiger partial charge in [-0.25, -0.2) is 0 Å². The van der Waals surface area contributed by atoms with E-state index in [9.17, 15) is 31.6 Å². The summed E-state index contributed by atoms with van der Waals surface area (Å²) in [6.45, 7) is 5.22. The van der Waals surface area contributed by atoms with Crippen molar-refractivity contribution in [2.75, 3.05) is 13.1 Å². The second-order valence-corrected chi connectivity index (χ2v) is 10.6. The highest BCUT2D eigenvalue weighted by molar-refractivity contribution is 5.48. The van der Waals surface area contributed by atoms with Crippen LogP contribution in [-0.2, 0) is 24.2 Å². The molecule has 8 heteroatoms. The van der Waals surface area contributed by atoms with Gasteiger partial charge in [0.05, 0.1) is 22.6 Å². The van der Waals surface area contributed by atoms with Gasteiger partial charge in [0.15, 0.2) is 0 Å². The van der Waals surface area contributed by atoms with Gasteiger partial charge in [-0.15, -0.1) is 0 Å². The molecule has 0 spiro atoms.